The standard InChI is InChI=1S/C11H14ClN3O3S/c1-6(19-2)5-14-11(16)8-3-7(15(17)18)4-9(12)10(8)13/h3-4,6H,5,13H2,1-2H3,(H,14,16). The number of nitro benzene ring substituents is 1. The van der Waals surface area contributed by atoms with Crippen LogP contribution in [0.1, 0.15) is 17.3 Å². The number of benzene rings is 1. The quantitative estimate of drug-likeness (QED) is 0.494. The van der Waals surface area contributed by atoms with Crippen LogP contribution in [-0.4, -0.2) is 28.9 Å². The minimum Gasteiger partial charge on any atom is -0.397 e. The van der Waals surface area contributed by atoms with E-state index in [1.54, 1.807) is 11.8 Å². The van der Waals surface area contributed by atoms with Crippen LogP contribution in [0.25, 0.3) is 0 Å². The third kappa shape index (κ3) is 4.00. The Kier molecular flexibility index (Phi) is 5.44. The largest absolute Gasteiger partial charge is 0.397 e. The average Bonchev–Trinajstić information content (AvgIpc) is 2.38. The van der Waals surface area contributed by atoms with E-state index in [0.717, 1.165) is 12.1 Å². The molecule has 0 fully saturated rings. The first-order valence-corrected chi connectivity index (χ1v) is 7.07. The lowest BCUT2D eigenvalue weighted by Gasteiger charge is -2.11. The lowest BCUT2D eigenvalue weighted by atomic mass is 10.1. The fourth-order valence-corrected chi connectivity index (χ4v) is 1.78. The molecule has 0 aromatic heterocycles. The van der Waals surface area contributed by atoms with E-state index >= 15 is 0 Å². The van der Waals surface area contributed by atoms with Crippen molar-refractivity contribution in [2.24, 2.45) is 0 Å². The van der Waals surface area contributed by atoms with E-state index in [9.17, 15) is 14.9 Å². The van der Waals surface area contributed by atoms with Crippen molar-refractivity contribution >= 4 is 40.6 Å². The van der Waals surface area contributed by atoms with Crippen LogP contribution in [0.3, 0.4) is 0 Å². The van der Waals surface area contributed by atoms with Crippen LogP contribution in [0.4, 0.5) is 11.4 Å². The van der Waals surface area contributed by atoms with E-state index in [1.165, 1.54) is 0 Å². The molecule has 19 heavy (non-hydrogen) atoms. The number of amides is 1. The number of halogens is 1. The number of rotatable bonds is 5. The molecule has 1 aromatic carbocycles. The molecule has 1 unspecified atom stereocenters. The number of hydrogen-bond acceptors (Lipinski definition) is 5. The third-order valence-electron chi connectivity index (χ3n) is 2.52. The molecule has 3 N–H and O–H groups in total. The monoisotopic (exact) mass is 303 g/mol. The molecule has 6 nitrogen and oxygen atoms in total. The number of nitrogen functional groups attached to an aromatic ring is 1. The molecule has 8 heteroatoms. The summed E-state index contributed by atoms with van der Waals surface area (Å²) in [4.78, 5) is 22.0. The average molecular weight is 304 g/mol. The second kappa shape index (κ2) is 6.63. The van der Waals surface area contributed by atoms with Crippen LogP contribution in [0.15, 0.2) is 12.1 Å². The predicted molar refractivity (Wildman–Crippen MR) is 77.8 cm³/mol. The molecule has 1 atom stereocenters. The predicted octanol–water partition coefficient (Wildman–Crippen LogP) is 2.31. The molecular weight excluding hydrogens is 290 g/mol. The van der Waals surface area contributed by atoms with Crippen molar-refractivity contribution in [2.75, 3.05) is 18.5 Å². The van der Waals surface area contributed by atoms with Gasteiger partial charge in [0.05, 0.1) is 21.2 Å². The maximum atomic E-state index is 11.9. The first kappa shape index (κ1) is 15.6. The van der Waals surface area contributed by atoms with Gasteiger partial charge in [-0.2, -0.15) is 11.8 Å². The number of carbonyl (C=O) groups is 1. The van der Waals surface area contributed by atoms with E-state index in [1.807, 2.05) is 13.2 Å². The summed E-state index contributed by atoms with van der Waals surface area (Å²) in [6.07, 6.45) is 1.93. The van der Waals surface area contributed by atoms with Gasteiger partial charge < -0.3 is 11.1 Å². The fraction of sp³-hybridized carbons (Fsp3) is 0.364. The van der Waals surface area contributed by atoms with Gasteiger partial charge in [0.1, 0.15) is 0 Å². The zero-order chi connectivity index (χ0) is 14.6. The summed E-state index contributed by atoms with van der Waals surface area (Å²) in [6.45, 7) is 2.40. The Bertz CT molecular complexity index is 510. The highest BCUT2D eigenvalue weighted by atomic mass is 35.5. The molecule has 1 aromatic rings. The van der Waals surface area contributed by atoms with E-state index in [0.29, 0.717) is 6.54 Å². The van der Waals surface area contributed by atoms with Gasteiger partial charge in [-0.1, -0.05) is 18.5 Å². The zero-order valence-corrected chi connectivity index (χ0v) is 12.0. The molecule has 0 saturated carbocycles. The third-order valence-corrected chi connectivity index (χ3v) is 3.81. The second-order valence-corrected chi connectivity index (χ2v) is 5.59. The van der Waals surface area contributed by atoms with Crippen molar-refractivity contribution in [3.8, 4) is 0 Å². The van der Waals surface area contributed by atoms with Gasteiger partial charge in [-0.25, -0.2) is 0 Å². The number of nitrogens with two attached hydrogens (primary N) is 1. The Balaban J connectivity index is 2.98. The van der Waals surface area contributed by atoms with Crippen molar-refractivity contribution in [2.45, 2.75) is 12.2 Å². The van der Waals surface area contributed by atoms with Crippen molar-refractivity contribution < 1.29 is 9.72 Å². The summed E-state index contributed by atoms with van der Waals surface area (Å²) in [5, 5.41) is 13.6. The highest BCUT2D eigenvalue weighted by Crippen LogP contribution is 2.28. The maximum Gasteiger partial charge on any atom is 0.271 e. The van der Waals surface area contributed by atoms with Crippen molar-refractivity contribution in [3.63, 3.8) is 0 Å². The molecule has 1 rings (SSSR count). The second-order valence-electron chi connectivity index (χ2n) is 3.90. The van der Waals surface area contributed by atoms with Gasteiger partial charge >= 0.3 is 0 Å². The van der Waals surface area contributed by atoms with Crippen LogP contribution >= 0.6 is 23.4 Å². The summed E-state index contributed by atoms with van der Waals surface area (Å²) in [5.74, 6) is -0.469. The van der Waals surface area contributed by atoms with E-state index in [2.05, 4.69) is 5.32 Å². The molecule has 0 spiro atoms. The molecule has 0 aliphatic rings. The van der Waals surface area contributed by atoms with Crippen LogP contribution in [0.5, 0.6) is 0 Å². The number of nitrogens with zero attached hydrogens (tertiary/aromatic N) is 1. The number of thioether (sulfide) groups is 1. The highest BCUT2D eigenvalue weighted by Gasteiger charge is 2.18. The molecular formula is C11H14ClN3O3S. The minimum absolute atomic E-state index is 0.00253. The number of non-ortho nitro benzene ring substituents is 1. The summed E-state index contributed by atoms with van der Waals surface area (Å²) >= 11 is 7.38. The minimum atomic E-state index is -0.618. The molecule has 0 radical (unpaired) electrons. The van der Waals surface area contributed by atoms with Crippen molar-refractivity contribution in [1.82, 2.24) is 5.32 Å². The van der Waals surface area contributed by atoms with Crippen molar-refractivity contribution in [3.05, 3.63) is 32.8 Å². The number of anilines is 1. The first-order valence-electron chi connectivity index (χ1n) is 5.41. The van der Waals surface area contributed by atoms with Gasteiger partial charge in [0.15, 0.2) is 0 Å². The summed E-state index contributed by atoms with van der Waals surface area (Å²) in [7, 11) is 0. The molecule has 0 saturated heterocycles. The number of nitro groups is 1. The number of carbonyl (C=O) groups excluding carboxylic acids is 1. The van der Waals surface area contributed by atoms with Crippen LogP contribution in [-0.2, 0) is 0 Å². The Morgan fingerprint density at radius 3 is 2.79 bits per heavy atom. The normalized spacial score (nSPS) is 11.9. The summed E-state index contributed by atoms with van der Waals surface area (Å²) in [6, 6.07) is 2.25. The molecule has 1 amide bonds. The van der Waals surface area contributed by atoms with Gasteiger partial charge in [0.25, 0.3) is 11.6 Å². The Labute approximate surface area is 119 Å². The van der Waals surface area contributed by atoms with Gasteiger partial charge in [-0.05, 0) is 6.26 Å². The van der Waals surface area contributed by atoms with E-state index < -0.39 is 10.8 Å². The Hall–Kier alpha value is -1.47. The SMILES string of the molecule is CSC(C)CNC(=O)c1cc([N+](=O)[O-])cc(Cl)c1N. The number of nitrogens with one attached hydrogen (secondary N) is 1. The molecule has 0 aliphatic heterocycles. The maximum absolute atomic E-state index is 11.9. The molecule has 0 bridgehead atoms. The van der Waals surface area contributed by atoms with Crippen LogP contribution in [0.2, 0.25) is 5.02 Å². The Morgan fingerprint density at radius 2 is 2.26 bits per heavy atom. The zero-order valence-electron chi connectivity index (χ0n) is 10.5. The molecule has 0 aliphatic carbocycles. The van der Waals surface area contributed by atoms with Crippen LogP contribution < -0.4 is 11.1 Å². The first-order chi connectivity index (χ1) is 8.86. The van der Waals surface area contributed by atoms with Gasteiger partial charge in [0.2, 0.25) is 0 Å². The number of hydrogen-bond donors (Lipinski definition) is 2. The van der Waals surface area contributed by atoms with Crippen molar-refractivity contribution in [1.29, 1.82) is 0 Å². The van der Waals surface area contributed by atoms with Crippen LogP contribution in [0, 0.1) is 10.1 Å². The topological polar surface area (TPSA) is 98.3 Å². The molecule has 104 valence electrons. The smallest absolute Gasteiger partial charge is 0.271 e. The summed E-state index contributed by atoms with van der Waals surface area (Å²) in [5.41, 5.74) is 5.47. The summed E-state index contributed by atoms with van der Waals surface area (Å²) < 4.78 is 0. The van der Waals surface area contributed by atoms with Gasteiger partial charge in [-0.3, -0.25) is 14.9 Å². The van der Waals surface area contributed by atoms with Gasteiger partial charge in [0, 0.05) is 23.9 Å². The molecule has 0 heterocycles. The van der Waals surface area contributed by atoms with Gasteiger partial charge in [-0.15, -0.1) is 0 Å². The van der Waals surface area contributed by atoms with E-state index in [-0.39, 0.29) is 27.2 Å². The lowest BCUT2D eigenvalue weighted by Crippen LogP contribution is -2.30. The fourth-order valence-electron chi connectivity index (χ4n) is 1.31. The highest BCUT2D eigenvalue weighted by molar-refractivity contribution is 7.99. The lowest BCUT2D eigenvalue weighted by molar-refractivity contribution is -0.384. The van der Waals surface area contributed by atoms with E-state index in [4.69, 9.17) is 17.3 Å². The Morgan fingerprint density at radius 1 is 1.63 bits per heavy atom.